The molecule has 0 aliphatic carbocycles. The van der Waals surface area contributed by atoms with E-state index in [4.69, 9.17) is 0 Å². The molecule has 0 heterocycles. The highest BCUT2D eigenvalue weighted by atomic mass is 14.9. The summed E-state index contributed by atoms with van der Waals surface area (Å²) in [5, 5.41) is 3.65. The molecule has 1 aromatic carbocycles. The molecule has 0 bridgehead atoms. The van der Waals surface area contributed by atoms with Gasteiger partial charge in [-0.1, -0.05) is 56.7 Å². The van der Waals surface area contributed by atoms with E-state index >= 15 is 0 Å². The molecule has 0 spiro atoms. The quantitative estimate of drug-likeness (QED) is 0.750. The average molecular weight is 231 g/mol. The second kappa shape index (κ2) is 6.02. The molecular formula is C16H25N. The van der Waals surface area contributed by atoms with Gasteiger partial charge in [0.15, 0.2) is 0 Å². The summed E-state index contributed by atoms with van der Waals surface area (Å²) in [7, 11) is 0. The van der Waals surface area contributed by atoms with Crippen LogP contribution >= 0.6 is 0 Å². The zero-order valence-electron chi connectivity index (χ0n) is 11.6. The lowest BCUT2D eigenvalue weighted by Crippen LogP contribution is -2.40. The maximum absolute atomic E-state index is 4.02. The first-order chi connectivity index (χ1) is 7.89. The first-order valence-corrected chi connectivity index (χ1v) is 6.31. The van der Waals surface area contributed by atoms with Crippen molar-refractivity contribution in [3.8, 4) is 0 Å². The van der Waals surface area contributed by atoms with Crippen LogP contribution in [0.5, 0.6) is 0 Å². The van der Waals surface area contributed by atoms with Crippen LogP contribution in [0.25, 0.3) is 0 Å². The molecule has 0 fully saturated rings. The molecule has 0 saturated carbocycles. The Labute approximate surface area is 106 Å². The zero-order chi connectivity index (χ0) is 12.9. The smallest absolute Gasteiger partial charge is 0.0208 e. The van der Waals surface area contributed by atoms with Gasteiger partial charge in [0.25, 0.3) is 0 Å². The van der Waals surface area contributed by atoms with Crippen LogP contribution in [-0.2, 0) is 6.54 Å². The average Bonchev–Trinajstić information content (AvgIpc) is 2.23. The summed E-state index contributed by atoms with van der Waals surface area (Å²) >= 11 is 0. The summed E-state index contributed by atoms with van der Waals surface area (Å²) in [5.41, 5.74) is 2.84. The number of hydrogen-bond donors (Lipinski definition) is 1. The van der Waals surface area contributed by atoms with Crippen molar-refractivity contribution in [1.29, 1.82) is 0 Å². The molecule has 0 amide bonds. The second-order valence-corrected chi connectivity index (χ2v) is 5.95. The molecule has 0 aromatic heterocycles. The van der Waals surface area contributed by atoms with Crippen molar-refractivity contribution in [3.05, 3.63) is 48.0 Å². The van der Waals surface area contributed by atoms with Gasteiger partial charge >= 0.3 is 0 Å². The van der Waals surface area contributed by atoms with Gasteiger partial charge in [-0.25, -0.2) is 0 Å². The van der Waals surface area contributed by atoms with Gasteiger partial charge in [0.1, 0.15) is 0 Å². The normalized spacial score (nSPS) is 13.4. The summed E-state index contributed by atoms with van der Waals surface area (Å²) < 4.78 is 0. The summed E-state index contributed by atoms with van der Waals surface area (Å²) in [6.45, 7) is 13.9. The third-order valence-electron chi connectivity index (χ3n) is 2.99. The Kier molecular flexibility index (Phi) is 4.95. The van der Waals surface area contributed by atoms with E-state index in [1.165, 1.54) is 11.1 Å². The lowest BCUT2D eigenvalue weighted by atomic mass is 9.83. The Bertz CT molecular complexity index is 346. The lowest BCUT2D eigenvalue weighted by Gasteiger charge is -2.32. The highest BCUT2D eigenvalue weighted by molar-refractivity contribution is 5.14. The topological polar surface area (TPSA) is 12.0 Å². The Morgan fingerprint density at radius 2 is 1.82 bits per heavy atom. The van der Waals surface area contributed by atoms with Crippen molar-refractivity contribution in [2.75, 3.05) is 0 Å². The third-order valence-corrected chi connectivity index (χ3v) is 2.99. The van der Waals surface area contributed by atoms with E-state index in [9.17, 15) is 0 Å². The predicted molar refractivity (Wildman–Crippen MR) is 76.0 cm³/mol. The molecular weight excluding hydrogens is 206 g/mol. The van der Waals surface area contributed by atoms with Crippen LogP contribution in [0, 0.1) is 5.41 Å². The third kappa shape index (κ3) is 5.18. The van der Waals surface area contributed by atoms with Crippen LogP contribution in [0.2, 0.25) is 0 Å². The van der Waals surface area contributed by atoms with Crippen LogP contribution in [0.4, 0.5) is 0 Å². The zero-order valence-corrected chi connectivity index (χ0v) is 11.6. The lowest BCUT2D eigenvalue weighted by molar-refractivity contribution is 0.264. The van der Waals surface area contributed by atoms with Crippen LogP contribution in [0.3, 0.4) is 0 Å². The van der Waals surface area contributed by atoms with Crippen LogP contribution in [-0.4, -0.2) is 6.04 Å². The summed E-state index contributed by atoms with van der Waals surface area (Å²) in [6.07, 6.45) is 1.04. The van der Waals surface area contributed by atoms with Crippen molar-refractivity contribution in [2.45, 2.75) is 46.7 Å². The van der Waals surface area contributed by atoms with Crippen LogP contribution < -0.4 is 5.32 Å². The number of hydrogen-bond acceptors (Lipinski definition) is 1. The molecule has 1 heteroatoms. The van der Waals surface area contributed by atoms with E-state index in [1.54, 1.807) is 0 Å². The van der Waals surface area contributed by atoms with Gasteiger partial charge in [0, 0.05) is 12.6 Å². The molecule has 17 heavy (non-hydrogen) atoms. The standard InChI is InChI=1S/C16H25N/c1-13(2)11-15(16(3,4)5)17-12-14-9-7-6-8-10-14/h6-10,15,17H,1,11-12H2,2-5H3. The highest BCUT2D eigenvalue weighted by Crippen LogP contribution is 2.24. The molecule has 1 aromatic rings. The van der Waals surface area contributed by atoms with E-state index in [1.807, 2.05) is 0 Å². The summed E-state index contributed by atoms with van der Waals surface area (Å²) in [4.78, 5) is 0. The molecule has 94 valence electrons. The largest absolute Gasteiger partial charge is 0.309 e. The minimum absolute atomic E-state index is 0.258. The first kappa shape index (κ1) is 14.0. The van der Waals surface area contributed by atoms with Gasteiger partial charge < -0.3 is 5.32 Å². The fraction of sp³-hybridized carbons (Fsp3) is 0.500. The van der Waals surface area contributed by atoms with Crippen molar-refractivity contribution in [2.24, 2.45) is 5.41 Å². The second-order valence-electron chi connectivity index (χ2n) is 5.95. The molecule has 1 rings (SSSR count). The minimum atomic E-state index is 0.258. The molecule has 0 aliphatic heterocycles. The molecule has 1 N–H and O–H groups in total. The van der Waals surface area contributed by atoms with E-state index in [2.05, 4.69) is 69.9 Å². The van der Waals surface area contributed by atoms with Gasteiger partial charge in [0.2, 0.25) is 0 Å². The van der Waals surface area contributed by atoms with Gasteiger partial charge in [-0.2, -0.15) is 0 Å². The predicted octanol–water partition coefficient (Wildman–Crippen LogP) is 4.16. The maximum Gasteiger partial charge on any atom is 0.0208 e. The fourth-order valence-corrected chi connectivity index (χ4v) is 1.87. The SMILES string of the molecule is C=C(C)CC(NCc1ccccc1)C(C)(C)C. The number of nitrogens with one attached hydrogen (secondary N) is 1. The Morgan fingerprint density at radius 1 is 1.24 bits per heavy atom. The van der Waals surface area contributed by atoms with Crippen molar-refractivity contribution in [1.82, 2.24) is 5.32 Å². The Morgan fingerprint density at radius 3 is 2.29 bits per heavy atom. The minimum Gasteiger partial charge on any atom is -0.309 e. The van der Waals surface area contributed by atoms with Gasteiger partial charge in [0.05, 0.1) is 0 Å². The summed E-state index contributed by atoms with van der Waals surface area (Å²) in [6, 6.07) is 11.0. The number of benzene rings is 1. The molecule has 1 nitrogen and oxygen atoms in total. The van der Waals surface area contributed by atoms with E-state index in [0.29, 0.717) is 6.04 Å². The van der Waals surface area contributed by atoms with Gasteiger partial charge in [-0.3, -0.25) is 0 Å². The summed E-state index contributed by atoms with van der Waals surface area (Å²) in [5.74, 6) is 0. The maximum atomic E-state index is 4.02. The molecule has 0 radical (unpaired) electrons. The van der Waals surface area contributed by atoms with Gasteiger partial charge in [-0.15, -0.1) is 6.58 Å². The number of rotatable bonds is 5. The highest BCUT2D eigenvalue weighted by Gasteiger charge is 2.23. The van der Waals surface area contributed by atoms with Crippen molar-refractivity contribution >= 4 is 0 Å². The van der Waals surface area contributed by atoms with E-state index in [0.717, 1.165) is 13.0 Å². The Hall–Kier alpha value is -1.08. The monoisotopic (exact) mass is 231 g/mol. The molecule has 1 unspecified atom stereocenters. The Balaban J connectivity index is 2.59. The van der Waals surface area contributed by atoms with Crippen LogP contribution in [0.1, 0.15) is 39.7 Å². The molecule has 0 saturated heterocycles. The fourth-order valence-electron chi connectivity index (χ4n) is 1.87. The van der Waals surface area contributed by atoms with Gasteiger partial charge in [-0.05, 0) is 24.3 Å². The molecule has 1 atom stereocenters. The first-order valence-electron chi connectivity index (χ1n) is 6.31. The van der Waals surface area contributed by atoms with E-state index < -0.39 is 0 Å². The molecule has 0 aliphatic rings. The van der Waals surface area contributed by atoms with Crippen LogP contribution in [0.15, 0.2) is 42.5 Å². The van der Waals surface area contributed by atoms with Crippen molar-refractivity contribution in [3.63, 3.8) is 0 Å². The van der Waals surface area contributed by atoms with Crippen molar-refractivity contribution < 1.29 is 0 Å². The van der Waals surface area contributed by atoms with E-state index in [-0.39, 0.29) is 5.41 Å².